The highest BCUT2D eigenvalue weighted by molar-refractivity contribution is 6.08. The Kier molecular flexibility index (Phi) is 19.1. The van der Waals surface area contributed by atoms with E-state index in [1.807, 2.05) is 0 Å². The highest BCUT2D eigenvalue weighted by Gasteiger charge is 2.04. The third kappa shape index (κ3) is 24.2. The van der Waals surface area contributed by atoms with Gasteiger partial charge in [-0.2, -0.15) is 0 Å². The molecular weight excluding hydrogens is 318 g/mol. The van der Waals surface area contributed by atoms with Gasteiger partial charge in [0.15, 0.2) is 0 Å². The number of hydrogen-bond acceptors (Lipinski definition) is 0. The molecule has 0 radical (unpaired) electrons. The fraction of sp³-hybridized carbons (Fsp3) is 1.00. The van der Waals surface area contributed by atoms with Crippen LogP contribution in [0.4, 0.5) is 0 Å². The lowest BCUT2D eigenvalue weighted by Gasteiger charge is -2.23. The number of unbranched alkanes of at least 4 members (excludes halogenated alkanes) is 17. The molecule has 0 saturated heterocycles. The van der Waals surface area contributed by atoms with Gasteiger partial charge < -0.3 is 4.48 Å². The Morgan fingerprint density at radius 1 is 0.400 bits per heavy atom. The summed E-state index contributed by atoms with van der Waals surface area (Å²) in [7, 11) is 8.31. The van der Waals surface area contributed by atoms with Crippen LogP contribution >= 0.6 is 0 Å². The molecule has 0 aromatic carbocycles. The first-order valence-corrected chi connectivity index (χ1v) is 13.3. The molecule has 0 atom stereocenters. The quantitative estimate of drug-likeness (QED) is 0.130. The third-order valence-electron chi connectivity index (χ3n) is 5.43. The van der Waals surface area contributed by atoms with Gasteiger partial charge in [-0.05, 0) is 12.8 Å². The maximum Gasteiger partial charge on any atom is 0.0780 e. The van der Waals surface area contributed by atoms with E-state index in [4.69, 9.17) is 0 Å². The summed E-state index contributed by atoms with van der Waals surface area (Å²) in [5.74, 6) is 0. The number of hydrogen-bond donors (Lipinski definition) is 0. The summed E-state index contributed by atoms with van der Waals surface area (Å²) in [6.45, 7) is 1.33. The first-order chi connectivity index (χ1) is 12.1. The first-order valence-electron chi connectivity index (χ1n) is 11.9. The lowest BCUT2D eigenvalue weighted by molar-refractivity contribution is -0.870. The molecule has 0 saturated carbocycles. The van der Waals surface area contributed by atoms with E-state index in [0.717, 1.165) is 4.48 Å². The molecule has 0 aromatic rings. The van der Waals surface area contributed by atoms with Gasteiger partial charge in [-0.3, -0.25) is 0 Å². The van der Waals surface area contributed by atoms with Crippen molar-refractivity contribution in [1.82, 2.24) is 0 Å². The van der Waals surface area contributed by atoms with E-state index in [2.05, 4.69) is 21.1 Å². The van der Waals surface area contributed by atoms with Gasteiger partial charge in [0.05, 0.1) is 27.7 Å². The number of quaternary nitrogens is 1. The van der Waals surface area contributed by atoms with Crippen LogP contribution in [0.15, 0.2) is 0 Å². The molecule has 0 amide bonds. The summed E-state index contributed by atoms with van der Waals surface area (Å²) in [4.78, 5) is 0. The predicted molar refractivity (Wildman–Crippen MR) is 121 cm³/mol. The molecule has 0 heterocycles. The Labute approximate surface area is 164 Å². The van der Waals surface area contributed by atoms with E-state index in [9.17, 15) is 0 Å². The molecule has 0 rings (SSSR count). The van der Waals surface area contributed by atoms with Crippen molar-refractivity contribution in [1.29, 1.82) is 0 Å². The third-order valence-corrected chi connectivity index (χ3v) is 6.14. The topological polar surface area (TPSA) is 0 Å². The monoisotopic (exact) mass is 370 g/mol. The van der Waals surface area contributed by atoms with E-state index in [1.165, 1.54) is 138 Å². The number of nitrogens with zero attached hydrogens (tertiary/aromatic N) is 1. The Balaban J connectivity index is 3.01. The Bertz CT molecular complexity index is 247. The highest BCUT2D eigenvalue weighted by atomic mass is 28.1. The van der Waals surface area contributed by atoms with Crippen molar-refractivity contribution in [2.45, 2.75) is 122 Å². The molecule has 0 bridgehead atoms. The Morgan fingerprint density at radius 2 is 0.640 bits per heavy atom. The van der Waals surface area contributed by atoms with Crippen LogP contribution in [0.25, 0.3) is 0 Å². The van der Waals surface area contributed by atoms with E-state index >= 15 is 0 Å². The van der Waals surface area contributed by atoms with Gasteiger partial charge in [-0.15, -0.1) is 0 Å². The summed E-state index contributed by atoms with van der Waals surface area (Å²) < 4.78 is 1.13. The van der Waals surface area contributed by atoms with Gasteiger partial charge in [0, 0.05) is 10.2 Å². The molecule has 0 unspecified atom stereocenters. The Morgan fingerprint density at radius 3 is 0.880 bits per heavy atom. The summed E-state index contributed by atoms with van der Waals surface area (Å²) in [6.07, 6.45) is 26.7. The maximum absolute atomic E-state index is 2.30. The molecular formula is C23H52NSi+. The molecule has 0 aliphatic heterocycles. The second-order valence-electron chi connectivity index (χ2n) is 9.38. The van der Waals surface area contributed by atoms with Gasteiger partial charge in [0.2, 0.25) is 0 Å². The van der Waals surface area contributed by atoms with Crippen LogP contribution in [-0.4, -0.2) is 42.4 Å². The molecule has 1 nitrogen and oxygen atoms in total. The number of rotatable bonds is 20. The van der Waals surface area contributed by atoms with Gasteiger partial charge >= 0.3 is 0 Å². The summed E-state index contributed by atoms with van der Waals surface area (Å²) in [5, 5.41) is 0. The molecule has 25 heavy (non-hydrogen) atoms. The van der Waals surface area contributed by atoms with Crippen LogP contribution in [0.5, 0.6) is 0 Å². The van der Waals surface area contributed by atoms with E-state index in [-0.39, 0.29) is 0 Å². The fourth-order valence-electron chi connectivity index (χ4n) is 3.66. The largest absolute Gasteiger partial charge is 0.331 e. The standard InChI is InChI=1S/C23H52NSi/c1-24(2,3)22-20-18-16-14-12-10-8-6-4-5-7-9-11-13-15-17-19-21-23-25/h4-23H2,1-3,25H3/q+1. The van der Waals surface area contributed by atoms with Crippen LogP contribution in [-0.2, 0) is 0 Å². The minimum absolute atomic E-state index is 1.13. The van der Waals surface area contributed by atoms with Gasteiger partial charge in [-0.1, -0.05) is 109 Å². The van der Waals surface area contributed by atoms with E-state index in [1.54, 1.807) is 0 Å². The normalized spacial score (nSPS) is 12.1. The molecule has 0 aliphatic rings. The zero-order chi connectivity index (χ0) is 18.6. The lowest BCUT2D eigenvalue weighted by Crippen LogP contribution is -2.35. The minimum atomic E-state index is 1.13. The molecule has 2 heteroatoms. The molecule has 0 aromatic heterocycles. The molecule has 152 valence electrons. The van der Waals surface area contributed by atoms with Gasteiger partial charge in [-0.25, -0.2) is 0 Å². The summed E-state index contributed by atoms with van der Waals surface area (Å²) in [6, 6.07) is 1.51. The predicted octanol–water partition coefficient (Wildman–Crippen LogP) is 6.50. The summed E-state index contributed by atoms with van der Waals surface area (Å²) in [5.41, 5.74) is 0. The average Bonchev–Trinajstić information content (AvgIpc) is 2.56. The zero-order valence-electron chi connectivity index (χ0n) is 18.6. The molecule has 0 spiro atoms. The van der Waals surface area contributed by atoms with Gasteiger partial charge in [0.25, 0.3) is 0 Å². The molecule has 0 aliphatic carbocycles. The summed E-state index contributed by atoms with van der Waals surface area (Å²) >= 11 is 0. The van der Waals surface area contributed by atoms with E-state index < -0.39 is 0 Å². The fourth-order valence-corrected chi connectivity index (χ4v) is 4.16. The van der Waals surface area contributed by atoms with Crippen LogP contribution < -0.4 is 0 Å². The van der Waals surface area contributed by atoms with Crippen molar-refractivity contribution < 1.29 is 4.48 Å². The molecule has 0 fully saturated rings. The van der Waals surface area contributed by atoms with Crippen LogP contribution in [0.3, 0.4) is 0 Å². The highest BCUT2D eigenvalue weighted by Crippen LogP contribution is 2.14. The maximum atomic E-state index is 2.30. The Hall–Kier alpha value is 0.177. The van der Waals surface area contributed by atoms with Crippen molar-refractivity contribution in [3.63, 3.8) is 0 Å². The average molecular weight is 371 g/mol. The smallest absolute Gasteiger partial charge is 0.0780 e. The van der Waals surface area contributed by atoms with Crippen molar-refractivity contribution in [2.24, 2.45) is 0 Å². The van der Waals surface area contributed by atoms with E-state index in [0.29, 0.717) is 0 Å². The second kappa shape index (κ2) is 19.0. The SMILES string of the molecule is C[N+](C)(C)CCCCCCCCCCCCCCCCCCCC[SiH3]. The molecule has 0 N–H and O–H groups in total. The minimum Gasteiger partial charge on any atom is -0.331 e. The van der Waals surface area contributed by atoms with Crippen molar-refractivity contribution in [2.75, 3.05) is 27.7 Å². The van der Waals surface area contributed by atoms with Crippen molar-refractivity contribution >= 4 is 10.2 Å². The van der Waals surface area contributed by atoms with Crippen LogP contribution in [0.2, 0.25) is 6.04 Å². The first kappa shape index (κ1) is 25.2. The van der Waals surface area contributed by atoms with Crippen LogP contribution in [0, 0.1) is 0 Å². The zero-order valence-corrected chi connectivity index (χ0v) is 20.6. The second-order valence-corrected chi connectivity index (χ2v) is 10.4. The van der Waals surface area contributed by atoms with Crippen molar-refractivity contribution in [3.8, 4) is 0 Å². The van der Waals surface area contributed by atoms with Crippen LogP contribution in [0.1, 0.15) is 116 Å². The van der Waals surface area contributed by atoms with Gasteiger partial charge in [0.1, 0.15) is 0 Å². The van der Waals surface area contributed by atoms with Crippen molar-refractivity contribution in [3.05, 3.63) is 0 Å². The lowest BCUT2D eigenvalue weighted by atomic mass is 10.0.